The molecule has 3 rings (SSSR count). The zero-order valence-electron chi connectivity index (χ0n) is 13.2. The molecule has 25 heavy (non-hydrogen) atoms. The molecule has 124 valence electrons. The lowest BCUT2D eigenvalue weighted by molar-refractivity contribution is 0.0983. The molecular weight excluding hydrogens is 318 g/mol. The van der Waals surface area contributed by atoms with Crippen LogP contribution in [0.2, 0.25) is 0 Å². The van der Waals surface area contributed by atoms with E-state index in [-0.39, 0.29) is 5.82 Å². The summed E-state index contributed by atoms with van der Waals surface area (Å²) in [4.78, 5) is 35.6. The van der Waals surface area contributed by atoms with Crippen LogP contribution >= 0.6 is 0 Å². The van der Waals surface area contributed by atoms with E-state index in [2.05, 4.69) is 10.5 Å². The van der Waals surface area contributed by atoms with Gasteiger partial charge in [0.1, 0.15) is 5.82 Å². The molecule has 6 nitrogen and oxygen atoms in total. The summed E-state index contributed by atoms with van der Waals surface area (Å²) in [5.74, 6) is 0.142. The third-order valence-electron chi connectivity index (χ3n) is 3.30. The number of amides is 3. The predicted octanol–water partition coefficient (Wildman–Crippen LogP) is 3.43. The molecule has 0 radical (unpaired) electrons. The molecule has 1 heterocycles. The lowest BCUT2D eigenvalue weighted by Gasteiger charge is -2.20. The second-order valence-corrected chi connectivity index (χ2v) is 5.02. The van der Waals surface area contributed by atoms with Gasteiger partial charge in [0.15, 0.2) is 5.75 Å². The average molecular weight is 333 g/mol. The van der Waals surface area contributed by atoms with Crippen LogP contribution in [0.15, 0.2) is 85.1 Å². The van der Waals surface area contributed by atoms with Crippen molar-refractivity contribution >= 4 is 17.8 Å². The summed E-state index contributed by atoms with van der Waals surface area (Å²) in [7, 11) is 0. The molecular formula is C19H15N3O3. The van der Waals surface area contributed by atoms with E-state index < -0.39 is 11.9 Å². The van der Waals surface area contributed by atoms with Crippen LogP contribution < -0.4 is 15.2 Å². The molecule has 0 aliphatic carbocycles. The maximum absolute atomic E-state index is 12.8. The van der Waals surface area contributed by atoms with Gasteiger partial charge in [0.2, 0.25) is 0 Å². The number of hydrogen-bond acceptors (Lipinski definition) is 4. The molecule has 0 aliphatic rings. The molecule has 0 unspecified atom stereocenters. The number of nitrogens with one attached hydrogen (secondary N) is 1. The van der Waals surface area contributed by atoms with Crippen LogP contribution in [0.4, 0.5) is 10.6 Å². The molecule has 0 saturated heterocycles. The molecule has 0 fully saturated rings. The topological polar surface area (TPSA) is 71.5 Å². The van der Waals surface area contributed by atoms with Crippen molar-refractivity contribution in [3.05, 3.63) is 90.6 Å². The summed E-state index contributed by atoms with van der Waals surface area (Å²) in [6, 6.07) is 21.5. The van der Waals surface area contributed by atoms with Crippen molar-refractivity contribution in [1.82, 2.24) is 10.5 Å². The van der Waals surface area contributed by atoms with Crippen LogP contribution in [-0.4, -0.2) is 16.9 Å². The van der Waals surface area contributed by atoms with Crippen LogP contribution in [0.1, 0.15) is 10.4 Å². The quantitative estimate of drug-likeness (QED) is 0.743. The van der Waals surface area contributed by atoms with E-state index in [9.17, 15) is 9.59 Å². The maximum Gasteiger partial charge on any atom is 0.363 e. The largest absolute Gasteiger partial charge is 0.378 e. The van der Waals surface area contributed by atoms with Gasteiger partial charge in [-0.15, -0.1) is 0 Å². The standard InChI is InChI=1S/C19H15N3O3/c23-18(15-9-3-1-4-10-15)22(17-13-7-8-14-20-17)19(24)21-25-16-11-5-2-6-12-16/h1-14H,(H,21,24). The zero-order valence-corrected chi connectivity index (χ0v) is 13.2. The number of urea groups is 1. The van der Waals surface area contributed by atoms with Gasteiger partial charge >= 0.3 is 6.03 Å². The number of nitrogens with zero attached hydrogens (tertiary/aromatic N) is 2. The van der Waals surface area contributed by atoms with Crippen LogP contribution in [0, 0.1) is 0 Å². The minimum Gasteiger partial charge on any atom is -0.378 e. The van der Waals surface area contributed by atoms with Gasteiger partial charge in [-0.05, 0) is 36.4 Å². The normalized spacial score (nSPS) is 9.92. The molecule has 0 aliphatic heterocycles. The highest BCUT2D eigenvalue weighted by Gasteiger charge is 2.26. The maximum atomic E-state index is 12.8. The number of hydroxylamine groups is 1. The molecule has 3 aromatic rings. The van der Waals surface area contributed by atoms with Gasteiger partial charge in [0.05, 0.1) is 0 Å². The van der Waals surface area contributed by atoms with Crippen LogP contribution in [0.25, 0.3) is 0 Å². The average Bonchev–Trinajstić information content (AvgIpc) is 2.69. The number of carbonyl (C=O) groups excluding carboxylic acids is 2. The fourth-order valence-electron chi connectivity index (χ4n) is 2.13. The van der Waals surface area contributed by atoms with Crippen molar-refractivity contribution in [2.45, 2.75) is 0 Å². The van der Waals surface area contributed by atoms with Crippen molar-refractivity contribution in [2.75, 3.05) is 4.90 Å². The van der Waals surface area contributed by atoms with Gasteiger partial charge in [0.25, 0.3) is 5.91 Å². The zero-order chi connectivity index (χ0) is 17.5. The third-order valence-corrected chi connectivity index (χ3v) is 3.30. The SMILES string of the molecule is O=C(NOc1ccccc1)N(C(=O)c1ccccc1)c1ccccn1. The third kappa shape index (κ3) is 4.00. The Morgan fingerprint density at radius 2 is 1.48 bits per heavy atom. The van der Waals surface area contributed by atoms with Gasteiger partial charge in [-0.2, -0.15) is 5.48 Å². The Morgan fingerprint density at radius 1 is 0.840 bits per heavy atom. The summed E-state index contributed by atoms with van der Waals surface area (Å²) in [6.45, 7) is 0. The molecule has 6 heteroatoms. The fraction of sp³-hybridized carbons (Fsp3) is 0. The molecule has 0 atom stereocenters. The minimum absolute atomic E-state index is 0.200. The molecule has 1 aromatic heterocycles. The first-order chi connectivity index (χ1) is 12.3. The Bertz CT molecular complexity index is 840. The van der Waals surface area contributed by atoms with Crippen molar-refractivity contribution in [2.24, 2.45) is 0 Å². The Labute approximate surface area is 144 Å². The number of benzene rings is 2. The van der Waals surface area contributed by atoms with Crippen molar-refractivity contribution < 1.29 is 14.4 Å². The Hall–Kier alpha value is -3.67. The smallest absolute Gasteiger partial charge is 0.363 e. The molecule has 0 bridgehead atoms. The monoisotopic (exact) mass is 333 g/mol. The Kier molecular flexibility index (Phi) is 5.01. The van der Waals surface area contributed by atoms with Crippen molar-refractivity contribution in [1.29, 1.82) is 0 Å². The number of para-hydroxylation sites is 1. The predicted molar refractivity (Wildman–Crippen MR) is 93.1 cm³/mol. The molecule has 0 saturated carbocycles. The fourth-order valence-corrected chi connectivity index (χ4v) is 2.13. The number of imide groups is 1. The Balaban J connectivity index is 1.83. The van der Waals surface area contributed by atoms with Crippen LogP contribution in [0.3, 0.4) is 0 Å². The van der Waals surface area contributed by atoms with E-state index in [4.69, 9.17) is 4.84 Å². The van der Waals surface area contributed by atoms with E-state index in [1.54, 1.807) is 72.8 Å². The van der Waals surface area contributed by atoms with Crippen molar-refractivity contribution in [3.8, 4) is 5.75 Å². The number of hydrogen-bond donors (Lipinski definition) is 1. The number of rotatable bonds is 4. The van der Waals surface area contributed by atoms with E-state index in [0.29, 0.717) is 11.3 Å². The number of pyridine rings is 1. The molecule has 2 aromatic carbocycles. The second kappa shape index (κ2) is 7.74. The first-order valence-electron chi connectivity index (χ1n) is 7.58. The second-order valence-electron chi connectivity index (χ2n) is 5.02. The van der Waals surface area contributed by atoms with Gasteiger partial charge in [-0.1, -0.05) is 42.5 Å². The molecule has 3 amide bonds. The Morgan fingerprint density at radius 3 is 2.12 bits per heavy atom. The number of aromatic nitrogens is 1. The van der Waals surface area contributed by atoms with E-state index in [1.165, 1.54) is 6.20 Å². The summed E-state index contributed by atoms with van der Waals surface area (Å²) >= 11 is 0. The first-order valence-corrected chi connectivity index (χ1v) is 7.58. The summed E-state index contributed by atoms with van der Waals surface area (Å²) in [6.07, 6.45) is 1.51. The van der Waals surface area contributed by atoms with Gasteiger partial charge in [-0.3, -0.25) is 4.79 Å². The van der Waals surface area contributed by atoms with Crippen molar-refractivity contribution in [3.63, 3.8) is 0 Å². The van der Waals surface area contributed by atoms with E-state index in [0.717, 1.165) is 4.90 Å². The minimum atomic E-state index is -0.739. The van der Waals surface area contributed by atoms with E-state index >= 15 is 0 Å². The van der Waals surface area contributed by atoms with Crippen LogP contribution in [0.5, 0.6) is 5.75 Å². The number of anilines is 1. The summed E-state index contributed by atoms with van der Waals surface area (Å²) in [5.41, 5.74) is 2.64. The van der Waals surface area contributed by atoms with Gasteiger partial charge < -0.3 is 4.84 Å². The summed E-state index contributed by atoms with van der Waals surface area (Å²) in [5, 5.41) is 0. The van der Waals surface area contributed by atoms with E-state index in [1.807, 2.05) is 6.07 Å². The lowest BCUT2D eigenvalue weighted by Crippen LogP contribution is -2.45. The summed E-state index contributed by atoms with van der Waals surface area (Å²) < 4.78 is 0. The highest BCUT2D eigenvalue weighted by Crippen LogP contribution is 2.15. The molecule has 1 N–H and O–H groups in total. The van der Waals surface area contributed by atoms with Gasteiger partial charge in [-0.25, -0.2) is 14.7 Å². The molecule has 0 spiro atoms. The highest BCUT2D eigenvalue weighted by atomic mass is 16.7. The lowest BCUT2D eigenvalue weighted by atomic mass is 10.2. The van der Waals surface area contributed by atoms with Gasteiger partial charge in [0, 0.05) is 11.8 Å². The number of carbonyl (C=O) groups is 2. The van der Waals surface area contributed by atoms with Crippen LogP contribution in [-0.2, 0) is 0 Å². The highest BCUT2D eigenvalue weighted by molar-refractivity contribution is 6.19. The first kappa shape index (κ1) is 16.2.